The first-order chi connectivity index (χ1) is 8.11. The van der Waals surface area contributed by atoms with E-state index in [-0.39, 0.29) is 6.10 Å². The summed E-state index contributed by atoms with van der Waals surface area (Å²) in [6.45, 7) is 7.69. The molecule has 0 bridgehead atoms. The van der Waals surface area contributed by atoms with Crippen LogP contribution in [-0.4, -0.2) is 29.3 Å². The minimum absolute atomic E-state index is 0.300. The molecule has 0 aliphatic rings. The lowest BCUT2D eigenvalue weighted by atomic mass is 10.1. The Kier molecular flexibility index (Phi) is 5.77. The smallest absolute Gasteiger partial charge is 0.127 e. The maximum absolute atomic E-state index is 9.76. The molecular weight excluding hydrogens is 214 g/mol. The Morgan fingerprint density at radius 2 is 2.12 bits per heavy atom. The average Bonchev–Trinajstić information content (AvgIpc) is 2.26. The SMILES string of the molecule is CCNc1cc(NCC(O)CC(C)C)ccn1. The Hall–Kier alpha value is -1.29. The summed E-state index contributed by atoms with van der Waals surface area (Å²) in [4.78, 5) is 4.19. The lowest BCUT2D eigenvalue weighted by Gasteiger charge is -2.15. The molecule has 0 amide bonds. The van der Waals surface area contributed by atoms with E-state index in [1.165, 1.54) is 0 Å². The predicted octanol–water partition coefficient (Wildman–Crippen LogP) is 2.33. The largest absolute Gasteiger partial charge is 0.391 e. The van der Waals surface area contributed by atoms with Crippen molar-refractivity contribution in [2.24, 2.45) is 5.92 Å². The van der Waals surface area contributed by atoms with E-state index in [4.69, 9.17) is 0 Å². The second-order valence-electron chi connectivity index (χ2n) is 4.62. The fraction of sp³-hybridized carbons (Fsp3) is 0.615. The molecule has 0 spiro atoms. The van der Waals surface area contributed by atoms with Crippen molar-refractivity contribution in [3.05, 3.63) is 18.3 Å². The molecule has 0 saturated carbocycles. The maximum atomic E-state index is 9.76. The van der Waals surface area contributed by atoms with Gasteiger partial charge < -0.3 is 15.7 Å². The van der Waals surface area contributed by atoms with Crippen LogP contribution in [0.5, 0.6) is 0 Å². The van der Waals surface area contributed by atoms with Gasteiger partial charge in [-0.1, -0.05) is 13.8 Å². The molecule has 0 aliphatic carbocycles. The van der Waals surface area contributed by atoms with Crippen molar-refractivity contribution in [1.82, 2.24) is 4.98 Å². The Balaban J connectivity index is 2.43. The van der Waals surface area contributed by atoms with Crippen molar-refractivity contribution in [3.63, 3.8) is 0 Å². The summed E-state index contributed by atoms with van der Waals surface area (Å²) in [6.07, 6.45) is 2.28. The Labute approximate surface area is 103 Å². The Morgan fingerprint density at radius 1 is 1.35 bits per heavy atom. The molecule has 3 N–H and O–H groups in total. The van der Waals surface area contributed by atoms with Gasteiger partial charge in [0.15, 0.2) is 0 Å². The van der Waals surface area contributed by atoms with Gasteiger partial charge in [0.1, 0.15) is 5.82 Å². The van der Waals surface area contributed by atoms with Gasteiger partial charge in [-0.3, -0.25) is 0 Å². The topological polar surface area (TPSA) is 57.2 Å². The Morgan fingerprint density at radius 3 is 2.76 bits per heavy atom. The zero-order valence-corrected chi connectivity index (χ0v) is 10.9. The number of aliphatic hydroxyl groups excluding tert-OH is 1. The lowest BCUT2D eigenvalue weighted by Crippen LogP contribution is -2.21. The first-order valence-corrected chi connectivity index (χ1v) is 6.23. The van der Waals surface area contributed by atoms with Gasteiger partial charge in [0.25, 0.3) is 0 Å². The first kappa shape index (κ1) is 13.8. The van der Waals surface area contributed by atoms with Crippen molar-refractivity contribution in [2.75, 3.05) is 23.7 Å². The zero-order chi connectivity index (χ0) is 12.7. The second-order valence-corrected chi connectivity index (χ2v) is 4.62. The van der Waals surface area contributed by atoms with Crippen LogP contribution in [0.4, 0.5) is 11.5 Å². The fourth-order valence-electron chi connectivity index (χ4n) is 1.68. The van der Waals surface area contributed by atoms with Crippen LogP contribution in [-0.2, 0) is 0 Å². The number of nitrogens with zero attached hydrogens (tertiary/aromatic N) is 1. The zero-order valence-electron chi connectivity index (χ0n) is 10.9. The molecule has 0 aromatic carbocycles. The van der Waals surface area contributed by atoms with Gasteiger partial charge in [-0.05, 0) is 25.3 Å². The van der Waals surface area contributed by atoms with Gasteiger partial charge in [-0.25, -0.2) is 4.98 Å². The van der Waals surface area contributed by atoms with Crippen LogP contribution in [0.25, 0.3) is 0 Å². The summed E-state index contributed by atoms with van der Waals surface area (Å²) in [7, 11) is 0. The number of rotatable bonds is 7. The second kappa shape index (κ2) is 7.12. The number of hydrogen-bond acceptors (Lipinski definition) is 4. The van der Waals surface area contributed by atoms with Crippen molar-refractivity contribution < 1.29 is 5.11 Å². The molecule has 1 rings (SSSR count). The van der Waals surface area contributed by atoms with Crippen LogP contribution in [0, 0.1) is 5.92 Å². The van der Waals surface area contributed by atoms with Crippen LogP contribution in [0.1, 0.15) is 27.2 Å². The van der Waals surface area contributed by atoms with Crippen LogP contribution in [0.2, 0.25) is 0 Å². The van der Waals surface area contributed by atoms with E-state index in [0.717, 1.165) is 24.5 Å². The summed E-state index contributed by atoms with van der Waals surface area (Å²) in [5.74, 6) is 1.37. The minimum atomic E-state index is -0.300. The number of aromatic nitrogens is 1. The third-order valence-corrected chi connectivity index (χ3v) is 2.40. The van der Waals surface area contributed by atoms with Gasteiger partial charge >= 0.3 is 0 Å². The molecule has 0 saturated heterocycles. The van der Waals surface area contributed by atoms with Crippen LogP contribution in [0.15, 0.2) is 18.3 Å². The number of anilines is 2. The third kappa shape index (κ3) is 5.54. The van der Waals surface area contributed by atoms with Crippen LogP contribution >= 0.6 is 0 Å². The molecule has 0 aliphatic heterocycles. The maximum Gasteiger partial charge on any atom is 0.127 e. The molecule has 1 heterocycles. The van der Waals surface area contributed by atoms with Gasteiger partial charge in [-0.15, -0.1) is 0 Å². The molecule has 1 aromatic rings. The van der Waals surface area contributed by atoms with E-state index in [0.29, 0.717) is 12.5 Å². The summed E-state index contributed by atoms with van der Waals surface area (Å²) >= 11 is 0. The lowest BCUT2D eigenvalue weighted by molar-refractivity contribution is 0.161. The molecule has 1 aromatic heterocycles. The molecule has 1 unspecified atom stereocenters. The van der Waals surface area contributed by atoms with Gasteiger partial charge in [-0.2, -0.15) is 0 Å². The van der Waals surface area contributed by atoms with E-state index in [1.807, 2.05) is 19.1 Å². The fourth-order valence-corrected chi connectivity index (χ4v) is 1.68. The van der Waals surface area contributed by atoms with E-state index in [1.54, 1.807) is 6.20 Å². The average molecular weight is 237 g/mol. The monoisotopic (exact) mass is 237 g/mol. The minimum Gasteiger partial charge on any atom is -0.391 e. The normalized spacial score (nSPS) is 12.5. The molecule has 4 heteroatoms. The van der Waals surface area contributed by atoms with Crippen molar-refractivity contribution in [1.29, 1.82) is 0 Å². The highest BCUT2D eigenvalue weighted by Crippen LogP contribution is 2.12. The number of nitrogens with one attached hydrogen (secondary N) is 2. The third-order valence-electron chi connectivity index (χ3n) is 2.40. The number of pyridine rings is 1. The van der Waals surface area contributed by atoms with Crippen molar-refractivity contribution in [2.45, 2.75) is 33.3 Å². The highest BCUT2D eigenvalue weighted by atomic mass is 16.3. The molecule has 4 nitrogen and oxygen atoms in total. The van der Waals surface area contributed by atoms with Crippen molar-refractivity contribution >= 4 is 11.5 Å². The van der Waals surface area contributed by atoms with E-state index < -0.39 is 0 Å². The molecule has 0 radical (unpaired) electrons. The number of hydrogen-bond donors (Lipinski definition) is 3. The molecular formula is C13H23N3O. The molecule has 1 atom stereocenters. The van der Waals surface area contributed by atoms with Gasteiger partial charge in [0.05, 0.1) is 6.10 Å². The molecule has 17 heavy (non-hydrogen) atoms. The summed E-state index contributed by atoms with van der Waals surface area (Å²) < 4.78 is 0. The standard InChI is InChI=1S/C13H23N3O/c1-4-14-13-8-11(5-6-15-13)16-9-12(17)7-10(2)3/h5-6,8,10,12,17H,4,7,9H2,1-3H3,(H2,14,15,16). The Bertz CT molecular complexity index is 328. The summed E-state index contributed by atoms with van der Waals surface area (Å²) in [5.41, 5.74) is 0.985. The highest BCUT2D eigenvalue weighted by molar-refractivity contribution is 5.51. The number of aliphatic hydroxyl groups is 1. The van der Waals surface area contributed by atoms with Crippen LogP contribution < -0.4 is 10.6 Å². The van der Waals surface area contributed by atoms with Crippen molar-refractivity contribution in [3.8, 4) is 0 Å². The summed E-state index contributed by atoms with van der Waals surface area (Å²) in [5, 5.41) is 16.1. The van der Waals surface area contributed by atoms with E-state index in [2.05, 4.69) is 29.5 Å². The van der Waals surface area contributed by atoms with Gasteiger partial charge in [0.2, 0.25) is 0 Å². The highest BCUT2D eigenvalue weighted by Gasteiger charge is 2.06. The van der Waals surface area contributed by atoms with E-state index in [9.17, 15) is 5.11 Å². The molecule has 96 valence electrons. The van der Waals surface area contributed by atoms with Gasteiger partial charge in [0, 0.05) is 31.0 Å². The predicted molar refractivity (Wildman–Crippen MR) is 72.4 cm³/mol. The van der Waals surface area contributed by atoms with Crippen LogP contribution in [0.3, 0.4) is 0 Å². The quantitative estimate of drug-likeness (QED) is 0.681. The molecule has 0 fully saturated rings. The summed E-state index contributed by atoms with van der Waals surface area (Å²) in [6, 6.07) is 3.86. The first-order valence-electron chi connectivity index (χ1n) is 6.23. The van der Waals surface area contributed by atoms with E-state index >= 15 is 0 Å².